The summed E-state index contributed by atoms with van der Waals surface area (Å²) in [4.78, 5) is 17.5. The van der Waals surface area contributed by atoms with Crippen molar-refractivity contribution in [3.8, 4) is 11.5 Å². The number of thiazole rings is 1. The van der Waals surface area contributed by atoms with Crippen molar-refractivity contribution in [2.24, 2.45) is 0 Å². The number of methoxy groups -OCH3 is 1. The van der Waals surface area contributed by atoms with Gasteiger partial charge in [0.05, 0.1) is 12.8 Å². The zero-order valence-corrected chi connectivity index (χ0v) is 17.8. The van der Waals surface area contributed by atoms with Gasteiger partial charge in [-0.1, -0.05) is 30.3 Å². The zero-order chi connectivity index (χ0) is 20.8. The molecule has 0 radical (unpaired) electrons. The molecule has 5 nitrogen and oxygen atoms in total. The van der Waals surface area contributed by atoms with Crippen molar-refractivity contribution in [1.82, 2.24) is 4.98 Å². The smallest absolute Gasteiger partial charge is 0.250 e. The monoisotopic (exact) mass is 408 g/mol. The van der Waals surface area contributed by atoms with E-state index in [-0.39, 0.29) is 5.91 Å². The minimum Gasteiger partial charge on any atom is -0.493 e. The first kappa shape index (κ1) is 20.6. The molecule has 0 aliphatic carbocycles. The quantitative estimate of drug-likeness (QED) is 0.538. The van der Waals surface area contributed by atoms with Crippen LogP contribution in [-0.4, -0.2) is 18.0 Å². The summed E-state index contributed by atoms with van der Waals surface area (Å²) in [5.41, 5.74) is 4.08. The maximum atomic E-state index is 12.1. The van der Waals surface area contributed by atoms with E-state index in [9.17, 15) is 4.79 Å². The number of carbonyl (C=O) groups is 1. The van der Waals surface area contributed by atoms with Crippen molar-refractivity contribution in [3.63, 3.8) is 0 Å². The number of benzene rings is 2. The fraction of sp³-hybridized carbons (Fsp3) is 0.217. The van der Waals surface area contributed by atoms with Crippen LogP contribution in [0.1, 0.15) is 27.3 Å². The molecule has 1 N–H and O–H groups in total. The molecule has 3 rings (SSSR count). The van der Waals surface area contributed by atoms with Crippen molar-refractivity contribution in [2.45, 2.75) is 27.4 Å². The Morgan fingerprint density at radius 2 is 1.93 bits per heavy atom. The second-order valence-corrected chi connectivity index (χ2v) is 7.81. The number of aryl methyl sites for hydroxylation is 3. The van der Waals surface area contributed by atoms with Crippen molar-refractivity contribution in [1.29, 1.82) is 0 Å². The maximum absolute atomic E-state index is 12.1. The van der Waals surface area contributed by atoms with E-state index in [1.165, 1.54) is 23.0 Å². The van der Waals surface area contributed by atoms with Gasteiger partial charge < -0.3 is 9.47 Å². The molecule has 0 aliphatic heterocycles. The number of amides is 1. The fourth-order valence-electron chi connectivity index (χ4n) is 2.68. The second-order valence-electron chi connectivity index (χ2n) is 6.61. The molecule has 1 amide bonds. The number of hydrogen-bond donors (Lipinski definition) is 1. The highest BCUT2D eigenvalue weighted by Crippen LogP contribution is 2.29. The summed E-state index contributed by atoms with van der Waals surface area (Å²) in [6.45, 7) is 6.43. The summed E-state index contributed by atoms with van der Waals surface area (Å²) in [5.74, 6) is 1.05. The van der Waals surface area contributed by atoms with Crippen LogP contribution in [0.5, 0.6) is 11.5 Å². The van der Waals surface area contributed by atoms with Gasteiger partial charge in [0, 0.05) is 11.0 Å². The number of nitrogens with zero attached hydrogens (tertiary/aromatic N) is 1. The predicted octanol–water partition coefficient (Wildman–Crippen LogP) is 5.31. The third-order valence-electron chi connectivity index (χ3n) is 4.52. The third kappa shape index (κ3) is 5.45. The van der Waals surface area contributed by atoms with Crippen LogP contribution in [-0.2, 0) is 11.4 Å². The van der Waals surface area contributed by atoms with Crippen molar-refractivity contribution >= 4 is 28.5 Å². The average molecular weight is 409 g/mol. The summed E-state index contributed by atoms with van der Waals surface area (Å²) in [7, 11) is 1.60. The lowest BCUT2D eigenvalue weighted by Crippen LogP contribution is -2.07. The molecule has 1 heterocycles. The molecule has 29 heavy (non-hydrogen) atoms. The van der Waals surface area contributed by atoms with Gasteiger partial charge in [-0.15, -0.1) is 11.3 Å². The zero-order valence-electron chi connectivity index (χ0n) is 17.0. The molecule has 0 bridgehead atoms. The average Bonchev–Trinajstić information content (AvgIpc) is 3.02. The maximum Gasteiger partial charge on any atom is 0.250 e. The molecule has 6 heteroatoms. The van der Waals surface area contributed by atoms with Gasteiger partial charge in [-0.25, -0.2) is 4.98 Å². The Bertz CT molecular complexity index is 1020. The van der Waals surface area contributed by atoms with Crippen LogP contribution in [0.3, 0.4) is 0 Å². The molecular formula is C23H24N2O3S. The minimum atomic E-state index is -0.224. The van der Waals surface area contributed by atoms with E-state index in [4.69, 9.17) is 9.47 Å². The second kappa shape index (κ2) is 9.39. The first-order valence-electron chi connectivity index (χ1n) is 9.24. The van der Waals surface area contributed by atoms with Crippen LogP contribution >= 0.6 is 11.3 Å². The topological polar surface area (TPSA) is 60.5 Å². The number of ether oxygens (including phenoxy) is 2. The van der Waals surface area contributed by atoms with E-state index in [1.807, 2.05) is 50.2 Å². The Morgan fingerprint density at radius 3 is 2.62 bits per heavy atom. The highest BCUT2D eigenvalue weighted by Gasteiger charge is 2.08. The summed E-state index contributed by atoms with van der Waals surface area (Å²) < 4.78 is 11.4. The lowest BCUT2D eigenvalue weighted by Gasteiger charge is -2.12. The first-order chi connectivity index (χ1) is 14.0. The Balaban J connectivity index is 1.65. The molecule has 1 aromatic heterocycles. The largest absolute Gasteiger partial charge is 0.493 e. The number of anilines is 1. The van der Waals surface area contributed by atoms with Crippen molar-refractivity contribution in [3.05, 3.63) is 75.8 Å². The van der Waals surface area contributed by atoms with Gasteiger partial charge in [-0.2, -0.15) is 0 Å². The molecule has 0 saturated heterocycles. The van der Waals surface area contributed by atoms with Gasteiger partial charge in [0.25, 0.3) is 0 Å². The summed E-state index contributed by atoms with van der Waals surface area (Å²) in [5, 5.41) is 3.39. The van der Waals surface area contributed by atoms with Gasteiger partial charge in [0.2, 0.25) is 5.91 Å². The highest BCUT2D eigenvalue weighted by molar-refractivity contribution is 7.15. The van der Waals surface area contributed by atoms with Gasteiger partial charge in [0.1, 0.15) is 6.61 Å². The molecule has 0 fully saturated rings. The number of hydrogen-bond acceptors (Lipinski definition) is 5. The van der Waals surface area contributed by atoms with E-state index < -0.39 is 0 Å². The van der Waals surface area contributed by atoms with Gasteiger partial charge in [-0.3, -0.25) is 10.1 Å². The summed E-state index contributed by atoms with van der Waals surface area (Å²) in [6, 6.07) is 13.7. The van der Waals surface area contributed by atoms with E-state index in [2.05, 4.69) is 23.3 Å². The van der Waals surface area contributed by atoms with Gasteiger partial charge in [-0.05, 0) is 55.7 Å². The Morgan fingerprint density at radius 1 is 1.14 bits per heavy atom. The number of rotatable bonds is 7. The van der Waals surface area contributed by atoms with E-state index in [0.29, 0.717) is 23.2 Å². The van der Waals surface area contributed by atoms with E-state index in [0.717, 1.165) is 21.7 Å². The Labute approximate surface area is 175 Å². The van der Waals surface area contributed by atoms with Crippen molar-refractivity contribution < 1.29 is 14.3 Å². The standard InChI is InChI=1S/C23H24N2O3S/c1-15-7-5-6-8-19(15)14-28-20-11-9-18(13-21(20)27-4)10-12-22(26)25-23-24-16(2)17(3)29-23/h5-13H,14H2,1-4H3,(H,24,25,26). The van der Waals surface area contributed by atoms with Crippen molar-refractivity contribution in [2.75, 3.05) is 12.4 Å². The van der Waals surface area contributed by atoms with Crippen LogP contribution < -0.4 is 14.8 Å². The highest BCUT2D eigenvalue weighted by atomic mass is 32.1. The molecule has 0 atom stereocenters. The molecule has 0 aliphatic rings. The molecule has 0 saturated carbocycles. The molecule has 150 valence electrons. The molecule has 0 unspecified atom stereocenters. The van der Waals surface area contributed by atoms with Gasteiger partial charge >= 0.3 is 0 Å². The summed E-state index contributed by atoms with van der Waals surface area (Å²) >= 11 is 1.46. The molecule has 2 aromatic carbocycles. The summed E-state index contributed by atoms with van der Waals surface area (Å²) in [6.07, 6.45) is 3.21. The fourth-order valence-corrected chi connectivity index (χ4v) is 3.50. The van der Waals surface area contributed by atoms with Crippen LogP contribution in [0.2, 0.25) is 0 Å². The first-order valence-corrected chi connectivity index (χ1v) is 10.1. The van der Waals surface area contributed by atoms with Gasteiger partial charge in [0.15, 0.2) is 16.6 Å². The predicted molar refractivity (Wildman–Crippen MR) is 118 cm³/mol. The lowest BCUT2D eigenvalue weighted by atomic mass is 10.1. The molecular weight excluding hydrogens is 384 g/mol. The Hall–Kier alpha value is -3.12. The van der Waals surface area contributed by atoms with E-state index in [1.54, 1.807) is 13.2 Å². The van der Waals surface area contributed by atoms with Crippen LogP contribution in [0.15, 0.2) is 48.5 Å². The van der Waals surface area contributed by atoms with Crippen LogP contribution in [0.25, 0.3) is 6.08 Å². The molecule has 3 aromatic rings. The van der Waals surface area contributed by atoms with Crippen LogP contribution in [0, 0.1) is 20.8 Å². The Kier molecular flexibility index (Phi) is 6.67. The number of aromatic nitrogens is 1. The minimum absolute atomic E-state index is 0.224. The van der Waals surface area contributed by atoms with E-state index >= 15 is 0 Å². The lowest BCUT2D eigenvalue weighted by molar-refractivity contribution is -0.111. The van der Waals surface area contributed by atoms with Crippen LogP contribution in [0.4, 0.5) is 5.13 Å². The number of carbonyl (C=O) groups excluding carboxylic acids is 1. The third-order valence-corrected chi connectivity index (χ3v) is 5.51. The molecule has 0 spiro atoms. The normalized spacial score (nSPS) is 10.9. The SMILES string of the molecule is COc1cc(C=CC(=O)Nc2nc(C)c(C)s2)ccc1OCc1ccccc1C. The number of nitrogens with one attached hydrogen (secondary N) is 1.